The molecule has 0 unspecified atom stereocenters. The van der Waals surface area contributed by atoms with Crippen LogP contribution in [0, 0.1) is 0 Å². The SMILES string of the molecule is CCCCCCCCCCCCCCCCCCOc1ccc(C(=O)/C=C/c2ccc(OCCCC)cc2)cc1. The monoisotopic (exact) mass is 548 g/mol. The van der Waals surface area contributed by atoms with Crippen LogP contribution < -0.4 is 9.47 Å². The van der Waals surface area contributed by atoms with Crippen molar-refractivity contribution in [1.29, 1.82) is 0 Å². The molecule has 2 aromatic rings. The Hall–Kier alpha value is -2.55. The van der Waals surface area contributed by atoms with E-state index in [0.717, 1.165) is 49.5 Å². The lowest BCUT2D eigenvalue weighted by molar-refractivity contribution is 0.104. The summed E-state index contributed by atoms with van der Waals surface area (Å²) in [6.45, 7) is 5.92. The van der Waals surface area contributed by atoms with Gasteiger partial charge in [0.25, 0.3) is 0 Å². The van der Waals surface area contributed by atoms with Crippen LogP contribution in [0.3, 0.4) is 0 Å². The van der Waals surface area contributed by atoms with Crippen molar-refractivity contribution in [1.82, 2.24) is 0 Å². The van der Waals surface area contributed by atoms with Crippen LogP contribution in [0.1, 0.15) is 145 Å². The zero-order chi connectivity index (χ0) is 28.5. The highest BCUT2D eigenvalue weighted by Gasteiger charge is 2.03. The Kier molecular flexibility index (Phi) is 19.5. The van der Waals surface area contributed by atoms with Crippen molar-refractivity contribution in [3.8, 4) is 11.5 Å². The second-order valence-corrected chi connectivity index (χ2v) is 11.1. The van der Waals surface area contributed by atoms with E-state index in [4.69, 9.17) is 9.47 Å². The average Bonchev–Trinajstić information content (AvgIpc) is 2.98. The van der Waals surface area contributed by atoms with E-state index in [1.54, 1.807) is 6.08 Å². The molecule has 2 aromatic carbocycles. The predicted molar refractivity (Wildman–Crippen MR) is 172 cm³/mol. The first-order chi connectivity index (χ1) is 19.7. The van der Waals surface area contributed by atoms with Crippen molar-refractivity contribution in [2.24, 2.45) is 0 Å². The highest BCUT2D eigenvalue weighted by atomic mass is 16.5. The molecule has 0 aliphatic heterocycles. The first kappa shape index (κ1) is 33.7. The molecular formula is C37H56O3. The lowest BCUT2D eigenvalue weighted by Crippen LogP contribution is -1.99. The van der Waals surface area contributed by atoms with Gasteiger partial charge in [-0.3, -0.25) is 4.79 Å². The maximum absolute atomic E-state index is 12.5. The molecule has 0 fully saturated rings. The Morgan fingerprint density at radius 3 is 1.40 bits per heavy atom. The maximum atomic E-state index is 12.5. The summed E-state index contributed by atoms with van der Waals surface area (Å²) < 4.78 is 11.6. The summed E-state index contributed by atoms with van der Waals surface area (Å²) >= 11 is 0. The zero-order valence-electron chi connectivity index (χ0n) is 25.6. The largest absolute Gasteiger partial charge is 0.494 e. The molecule has 0 aromatic heterocycles. The fourth-order valence-electron chi connectivity index (χ4n) is 4.83. The zero-order valence-corrected chi connectivity index (χ0v) is 25.6. The van der Waals surface area contributed by atoms with Crippen LogP contribution in [0.25, 0.3) is 6.08 Å². The Morgan fingerprint density at radius 1 is 0.525 bits per heavy atom. The number of carbonyl (C=O) groups excluding carboxylic acids is 1. The summed E-state index contributed by atoms with van der Waals surface area (Å²) in [5.74, 6) is 1.69. The first-order valence-electron chi connectivity index (χ1n) is 16.4. The minimum Gasteiger partial charge on any atom is -0.494 e. The minimum absolute atomic E-state index is 0.00683. The first-order valence-corrected chi connectivity index (χ1v) is 16.4. The minimum atomic E-state index is -0.00683. The smallest absolute Gasteiger partial charge is 0.185 e. The molecule has 0 aliphatic rings. The van der Waals surface area contributed by atoms with Gasteiger partial charge in [-0.05, 0) is 60.9 Å². The van der Waals surface area contributed by atoms with Crippen molar-refractivity contribution in [3.05, 3.63) is 65.7 Å². The van der Waals surface area contributed by atoms with Crippen molar-refractivity contribution < 1.29 is 14.3 Å². The van der Waals surface area contributed by atoms with E-state index in [-0.39, 0.29) is 5.78 Å². The molecule has 3 nitrogen and oxygen atoms in total. The molecule has 0 bridgehead atoms. The van der Waals surface area contributed by atoms with E-state index in [1.807, 2.05) is 54.6 Å². The Balaban J connectivity index is 1.47. The number of ether oxygens (including phenoxy) is 2. The van der Waals surface area contributed by atoms with Gasteiger partial charge in [-0.15, -0.1) is 0 Å². The molecule has 0 spiro atoms. The molecular weight excluding hydrogens is 492 g/mol. The summed E-state index contributed by atoms with van der Waals surface area (Å²) in [7, 11) is 0. The number of carbonyl (C=O) groups is 1. The maximum Gasteiger partial charge on any atom is 0.185 e. The molecule has 2 rings (SSSR count). The number of ketones is 1. The van der Waals surface area contributed by atoms with Crippen LogP contribution in [-0.2, 0) is 0 Å². The predicted octanol–water partition coefficient (Wildman–Crippen LogP) is 11.4. The van der Waals surface area contributed by atoms with Gasteiger partial charge in [0.15, 0.2) is 5.78 Å². The van der Waals surface area contributed by atoms with E-state index in [9.17, 15) is 4.79 Å². The average molecular weight is 549 g/mol. The summed E-state index contributed by atoms with van der Waals surface area (Å²) in [6, 6.07) is 15.3. The number of hydrogen-bond donors (Lipinski definition) is 0. The summed E-state index contributed by atoms with van der Waals surface area (Å²) in [6.07, 6.45) is 27.6. The molecule has 0 aliphatic carbocycles. The second kappa shape index (κ2) is 23.2. The highest BCUT2D eigenvalue weighted by Crippen LogP contribution is 2.17. The van der Waals surface area contributed by atoms with E-state index in [2.05, 4.69) is 13.8 Å². The summed E-state index contributed by atoms with van der Waals surface area (Å²) in [5.41, 5.74) is 1.65. The molecule has 3 heteroatoms. The number of hydrogen-bond acceptors (Lipinski definition) is 3. The topological polar surface area (TPSA) is 35.5 Å². The lowest BCUT2D eigenvalue weighted by atomic mass is 10.0. The molecule has 0 radical (unpaired) electrons. The van der Waals surface area contributed by atoms with Crippen molar-refractivity contribution >= 4 is 11.9 Å². The Labute approximate surface area is 245 Å². The van der Waals surface area contributed by atoms with Gasteiger partial charge >= 0.3 is 0 Å². The lowest BCUT2D eigenvalue weighted by Gasteiger charge is -2.07. The van der Waals surface area contributed by atoms with Gasteiger partial charge in [0.2, 0.25) is 0 Å². The molecule has 0 atom stereocenters. The molecule has 40 heavy (non-hydrogen) atoms. The third-order valence-electron chi connectivity index (χ3n) is 7.48. The van der Waals surface area contributed by atoms with Gasteiger partial charge in [0.05, 0.1) is 13.2 Å². The van der Waals surface area contributed by atoms with Crippen LogP contribution in [0.2, 0.25) is 0 Å². The molecule has 0 amide bonds. The Morgan fingerprint density at radius 2 is 0.925 bits per heavy atom. The fraction of sp³-hybridized carbons (Fsp3) is 0.595. The van der Waals surface area contributed by atoms with Gasteiger partial charge in [0.1, 0.15) is 11.5 Å². The molecule has 0 heterocycles. The van der Waals surface area contributed by atoms with Crippen LogP contribution >= 0.6 is 0 Å². The molecule has 0 N–H and O–H groups in total. The Bertz CT molecular complexity index is 898. The number of unbranched alkanes of at least 4 members (excludes halogenated alkanes) is 16. The van der Waals surface area contributed by atoms with Crippen molar-refractivity contribution in [3.63, 3.8) is 0 Å². The van der Waals surface area contributed by atoms with E-state index in [1.165, 1.54) is 96.3 Å². The standard InChI is InChI=1S/C37H56O3/c1-3-5-7-8-9-10-11-12-13-14-15-16-17-18-19-20-32-40-36-28-24-34(25-29-36)37(38)30-23-33-21-26-35(27-22-33)39-31-6-4-2/h21-30H,3-20,31-32H2,1-2H3/b30-23+. The van der Waals surface area contributed by atoms with Gasteiger partial charge in [-0.1, -0.05) is 135 Å². The molecule has 222 valence electrons. The van der Waals surface area contributed by atoms with Crippen molar-refractivity contribution in [2.45, 2.75) is 129 Å². The number of benzene rings is 2. The third-order valence-corrected chi connectivity index (χ3v) is 7.48. The van der Waals surface area contributed by atoms with Crippen LogP contribution in [-0.4, -0.2) is 19.0 Å². The molecule has 0 saturated carbocycles. The molecule has 0 saturated heterocycles. The van der Waals surface area contributed by atoms with Crippen LogP contribution in [0.15, 0.2) is 54.6 Å². The van der Waals surface area contributed by atoms with E-state index >= 15 is 0 Å². The third kappa shape index (κ3) is 16.5. The van der Waals surface area contributed by atoms with Gasteiger partial charge in [-0.25, -0.2) is 0 Å². The van der Waals surface area contributed by atoms with Gasteiger partial charge in [-0.2, -0.15) is 0 Å². The van der Waals surface area contributed by atoms with Crippen molar-refractivity contribution in [2.75, 3.05) is 13.2 Å². The van der Waals surface area contributed by atoms with E-state index in [0.29, 0.717) is 5.56 Å². The normalized spacial score (nSPS) is 11.2. The quantitative estimate of drug-likeness (QED) is 0.0703. The van der Waals surface area contributed by atoms with Crippen LogP contribution in [0.5, 0.6) is 11.5 Å². The van der Waals surface area contributed by atoms with Gasteiger partial charge < -0.3 is 9.47 Å². The second-order valence-electron chi connectivity index (χ2n) is 11.1. The van der Waals surface area contributed by atoms with E-state index < -0.39 is 0 Å². The number of rotatable bonds is 25. The fourth-order valence-corrected chi connectivity index (χ4v) is 4.83. The number of allylic oxidation sites excluding steroid dienone is 1. The highest BCUT2D eigenvalue weighted by molar-refractivity contribution is 6.06. The van der Waals surface area contributed by atoms with Crippen LogP contribution in [0.4, 0.5) is 0 Å². The summed E-state index contributed by atoms with van der Waals surface area (Å²) in [4.78, 5) is 12.5. The van der Waals surface area contributed by atoms with Gasteiger partial charge in [0, 0.05) is 5.56 Å². The summed E-state index contributed by atoms with van der Waals surface area (Å²) in [5, 5.41) is 0.